The molecule has 2 heterocycles. The van der Waals surface area contributed by atoms with Crippen LogP contribution in [-0.4, -0.2) is 40.2 Å². The van der Waals surface area contributed by atoms with Gasteiger partial charge in [0.05, 0.1) is 6.61 Å². The van der Waals surface area contributed by atoms with E-state index in [1.165, 1.54) is 5.69 Å². The van der Waals surface area contributed by atoms with Gasteiger partial charge in [-0.1, -0.05) is 6.92 Å². The van der Waals surface area contributed by atoms with E-state index in [1.54, 1.807) is 4.90 Å². The number of aromatic nitrogens is 2. The Kier molecular flexibility index (Phi) is 4.63. The first-order valence-electron chi connectivity index (χ1n) is 6.87. The van der Waals surface area contributed by atoms with Gasteiger partial charge in [0.25, 0.3) is 0 Å². The minimum absolute atomic E-state index is 0.200. The number of H-pyrrole nitrogens is 1. The van der Waals surface area contributed by atoms with Crippen LogP contribution in [0.1, 0.15) is 38.4 Å². The summed E-state index contributed by atoms with van der Waals surface area (Å²) in [6.45, 7) is 5.86. The number of aryl methyl sites for hydroxylation is 1. The summed E-state index contributed by atoms with van der Waals surface area (Å²) >= 11 is 5.34. The molecule has 0 bridgehead atoms. The molecule has 1 aromatic rings. The molecule has 0 unspecified atom stereocenters. The Morgan fingerprint density at radius 1 is 1.47 bits per heavy atom. The molecular formula is C13H21N3O2S. The van der Waals surface area contributed by atoms with E-state index >= 15 is 0 Å². The Balaban J connectivity index is 2.02. The second-order valence-corrected chi connectivity index (χ2v) is 5.11. The van der Waals surface area contributed by atoms with Gasteiger partial charge in [-0.2, -0.15) is 0 Å². The molecule has 1 aromatic heterocycles. The van der Waals surface area contributed by atoms with Crippen molar-refractivity contribution in [1.29, 1.82) is 0 Å². The van der Waals surface area contributed by atoms with Crippen molar-refractivity contribution >= 4 is 18.3 Å². The molecule has 6 heteroatoms. The van der Waals surface area contributed by atoms with E-state index < -0.39 is 0 Å². The van der Waals surface area contributed by atoms with Crippen molar-refractivity contribution in [3.63, 3.8) is 0 Å². The van der Waals surface area contributed by atoms with E-state index in [-0.39, 0.29) is 6.09 Å². The zero-order valence-electron chi connectivity index (χ0n) is 11.5. The number of nitrogens with one attached hydrogen (secondary N) is 1. The highest BCUT2D eigenvalue weighted by atomic mass is 32.1. The van der Waals surface area contributed by atoms with Crippen LogP contribution in [0.3, 0.4) is 0 Å². The summed E-state index contributed by atoms with van der Waals surface area (Å²) in [5.74, 6) is 0. The highest BCUT2D eigenvalue weighted by Gasteiger charge is 2.25. The van der Waals surface area contributed by atoms with Crippen LogP contribution in [0.4, 0.5) is 4.79 Å². The monoisotopic (exact) mass is 283 g/mol. The minimum atomic E-state index is -0.200. The van der Waals surface area contributed by atoms with Crippen LogP contribution in [0.25, 0.3) is 0 Å². The van der Waals surface area contributed by atoms with Crippen LogP contribution in [0.15, 0.2) is 6.20 Å². The molecule has 0 spiro atoms. The van der Waals surface area contributed by atoms with Crippen LogP contribution >= 0.6 is 12.2 Å². The molecule has 1 N–H and O–H groups in total. The fourth-order valence-electron chi connectivity index (χ4n) is 2.61. The van der Waals surface area contributed by atoms with Crippen molar-refractivity contribution in [1.82, 2.24) is 14.5 Å². The number of hydrogen-bond acceptors (Lipinski definition) is 3. The van der Waals surface area contributed by atoms with E-state index in [4.69, 9.17) is 17.0 Å². The quantitative estimate of drug-likeness (QED) is 0.868. The zero-order valence-corrected chi connectivity index (χ0v) is 12.3. The lowest BCUT2D eigenvalue weighted by Gasteiger charge is -2.32. The average Bonchev–Trinajstić information content (AvgIpc) is 2.80. The largest absolute Gasteiger partial charge is 0.450 e. The van der Waals surface area contributed by atoms with Crippen molar-refractivity contribution < 1.29 is 9.53 Å². The predicted octanol–water partition coefficient (Wildman–Crippen LogP) is 2.90. The number of aromatic amines is 1. The maximum Gasteiger partial charge on any atom is 0.409 e. The summed E-state index contributed by atoms with van der Waals surface area (Å²) in [7, 11) is 0. The smallest absolute Gasteiger partial charge is 0.409 e. The summed E-state index contributed by atoms with van der Waals surface area (Å²) in [4.78, 5) is 16.5. The zero-order chi connectivity index (χ0) is 13.8. The number of carbonyl (C=O) groups is 1. The third-order valence-corrected chi connectivity index (χ3v) is 3.92. The number of imidazole rings is 1. The Bertz CT molecular complexity index is 486. The van der Waals surface area contributed by atoms with Crippen molar-refractivity contribution in [3.8, 4) is 0 Å². The SMILES string of the molecule is CCOC(=O)N1CCC(n2c(CC)c[nH]c2=S)CC1. The standard InChI is InChI=1S/C13H21N3O2S/c1-3-10-9-14-12(19)16(10)11-5-7-15(8-6-11)13(17)18-4-2/h9,11H,3-8H2,1-2H3,(H,14,19). The van der Waals surface area contributed by atoms with Gasteiger partial charge < -0.3 is 19.2 Å². The second-order valence-electron chi connectivity index (χ2n) is 4.73. The summed E-state index contributed by atoms with van der Waals surface area (Å²) in [6, 6.07) is 0.388. The van der Waals surface area contributed by atoms with E-state index in [2.05, 4.69) is 16.5 Å². The van der Waals surface area contributed by atoms with Crippen molar-refractivity contribution in [2.45, 2.75) is 39.2 Å². The molecule has 1 amide bonds. The number of nitrogens with zero attached hydrogens (tertiary/aromatic N) is 2. The van der Waals surface area contributed by atoms with E-state index in [0.717, 1.165) is 37.1 Å². The number of ether oxygens (including phenoxy) is 1. The summed E-state index contributed by atoms with van der Waals surface area (Å²) in [5.41, 5.74) is 1.24. The van der Waals surface area contributed by atoms with Crippen LogP contribution in [0, 0.1) is 4.77 Å². The first kappa shape index (κ1) is 14.1. The second kappa shape index (κ2) is 6.23. The fraction of sp³-hybridized carbons (Fsp3) is 0.692. The third kappa shape index (κ3) is 3.00. The molecule has 1 fully saturated rings. The van der Waals surface area contributed by atoms with Gasteiger partial charge in [-0.25, -0.2) is 4.79 Å². The lowest BCUT2D eigenvalue weighted by molar-refractivity contribution is 0.0924. The minimum Gasteiger partial charge on any atom is -0.450 e. The lowest BCUT2D eigenvalue weighted by atomic mass is 10.0. The Labute approximate surface area is 118 Å². The van der Waals surface area contributed by atoms with Crippen LogP contribution < -0.4 is 0 Å². The van der Waals surface area contributed by atoms with E-state index in [1.807, 2.05) is 13.1 Å². The van der Waals surface area contributed by atoms with Crippen molar-refractivity contribution in [2.75, 3.05) is 19.7 Å². The van der Waals surface area contributed by atoms with Gasteiger partial charge in [0.1, 0.15) is 0 Å². The number of carbonyl (C=O) groups excluding carboxylic acids is 1. The topological polar surface area (TPSA) is 50.3 Å². The third-order valence-electron chi connectivity index (χ3n) is 3.61. The average molecular weight is 283 g/mol. The van der Waals surface area contributed by atoms with E-state index in [9.17, 15) is 4.79 Å². The number of amides is 1. The Hall–Kier alpha value is -1.30. The maximum absolute atomic E-state index is 11.7. The molecule has 0 aliphatic carbocycles. The molecule has 2 rings (SSSR count). The summed E-state index contributed by atoms with van der Waals surface area (Å²) in [6.07, 6.45) is 4.61. The van der Waals surface area contributed by atoms with Gasteiger partial charge in [0.15, 0.2) is 4.77 Å². The first-order valence-corrected chi connectivity index (χ1v) is 7.28. The molecule has 5 nitrogen and oxygen atoms in total. The maximum atomic E-state index is 11.7. The molecule has 1 aliphatic heterocycles. The van der Waals surface area contributed by atoms with Gasteiger partial charge in [-0.3, -0.25) is 0 Å². The molecular weight excluding hydrogens is 262 g/mol. The van der Waals surface area contributed by atoms with Gasteiger partial charge in [0, 0.05) is 31.0 Å². The van der Waals surface area contributed by atoms with Gasteiger partial charge in [-0.05, 0) is 38.4 Å². The molecule has 19 heavy (non-hydrogen) atoms. The lowest BCUT2D eigenvalue weighted by Crippen LogP contribution is -2.39. The predicted molar refractivity (Wildman–Crippen MR) is 75.9 cm³/mol. The van der Waals surface area contributed by atoms with Crippen LogP contribution in [0.2, 0.25) is 0 Å². The molecule has 1 saturated heterocycles. The molecule has 0 atom stereocenters. The number of piperidine rings is 1. The number of hydrogen-bond donors (Lipinski definition) is 1. The van der Waals surface area contributed by atoms with Crippen molar-refractivity contribution in [2.24, 2.45) is 0 Å². The van der Waals surface area contributed by atoms with Gasteiger partial charge in [0.2, 0.25) is 0 Å². The molecule has 0 radical (unpaired) electrons. The normalized spacial score (nSPS) is 16.6. The van der Waals surface area contributed by atoms with Crippen LogP contribution in [0.5, 0.6) is 0 Å². The van der Waals surface area contributed by atoms with Gasteiger partial charge in [-0.15, -0.1) is 0 Å². The van der Waals surface area contributed by atoms with Crippen LogP contribution in [-0.2, 0) is 11.2 Å². The fourth-order valence-corrected chi connectivity index (χ4v) is 2.93. The highest BCUT2D eigenvalue weighted by Crippen LogP contribution is 2.25. The summed E-state index contributed by atoms with van der Waals surface area (Å²) < 4.78 is 8.02. The molecule has 0 aromatic carbocycles. The van der Waals surface area contributed by atoms with Crippen molar-refractivity contribution in [3.05, 3.63) is 16.7 Å². The molecule has 0 saturated carbocycles. The molecule has 1 aliphatic rings. The summed E-state index contributed by atoms with van der Waals surface area (Å²) in [5, 5.41) is 0. The number of likely N-dealkylation sites (tertiary alicyclic amines) is 1. The molecule has 106 valence electrons. The number of rotatable bonds is 3. The van der Waals surface area contributed by atoms with Gasteiger partial charge >= 0.3 is 6.09 Å². The van der Waals surface area contributed by atoms with E-state index in [0.29, 0.717) is 12.6 Å². The first-order chi connectivity index (χ1) is 9.17. The Morgan fingerprint density at radius 2 is 2.16 bits per heavy atom. The highest BCUT2D eigenvalue weighted by molar-refractivity contribution is 7.71. The Morgan fingerprint density at radius 3 is 2.74 bits per heavy atom.